The van der Waals surface area contributed by atoms with Gasteiger partial charge in [0, 0.05) is 11.1 Å². The van der Waals surface area contributed by atoms with Crippen LogP contribution in [0.2, 0.25) is 0 Å². The summed E-state index contributed by atoms with van der Waals surface area (Å²) in [4.78, 5) is 24.1. The third-order valence-electron chi connectivity index (χ3n) is 3.79. The molecule has 0 radical (unpaired) electrons. The van der Waals surface area contributed by atoms with Crippen molar-refractivity contribution >= 4 is 21.9 Å². The van der Waals surface area contributed by atoms with Crippen LogP contribution in [0.15, 0.2) is 34.7 Å². The van der Waals surface area contributed by atoms with E-state index in [-0.39, 0.29) is 23.8 Å². The molecule has 2 heterocycles. The minimum absolute atomic E-state index is 0.00486. The van der Waals surface area contributed by atoms with Crippen molar-refractivity contribution in [1.29, 1.82) is 0 Å². The van der Waals surface area contributed by atoms with Gasteiger partial charge >= 0.3 is 5.97 Å². The third-order valence-corrected chi connectivity index (χ3v) is 5.43. The molecule has 1 aromatic heterocycles. The van der Waals surface area contributed by atoms with Gasteiger partial charge in [0.1, 0.15) is 5.76 Å². The van der Waals surface area contributed by atoms with Crippen LogP contribution in [0.25, 0.3) is 0 Å². The fourth-order valence-electron chi connectivity index (χ4n) is 2.62. The van der Waals surface area contributed by atoms with Crippen molar-refractivity contribution in [2.45, 2.75) is 19.2 Å². The van der Waals surface area contributed by atoms with Crippen LogP contribution >= 0.6 is 0 Å². The SMILES string of the molecule is COC(=O)c1oc(CN2C(=O)c3ccccc3CS2(=O)=O)cc1C. The lowest BCUT2D eigenvalue weighted by atomic mass is 10.1. The van der Waals surface area contributed by atoms with Gasteiger partial charge in [0.05, 0.1) is 19.4 Å². The molecule has 0 unspecified atom stereocenters. The van der Waals surface area contributed by atoms with E-state index in [4.69, 9.17) is 4.42 Å². The number of aryl methyl sites for hydroxylation is 1. The quantitative estimate of drug-likeness (QED) is 0.785. The predicted molar refractivity (Wildman–Crippen MR) is 83.7 cm³/mol. The van der Waals surface area contributed by atoms with Crippen LogP contribution in [0.3, 0.4) is 0 Å². The number of amides is 1. The maximum absolute atomic E-state index is 12.5. The van der Waals surface area contributed by atoms with E-state index in [9.17, 15) is 18.0 Å². The Bertz CT molecular complexity index is 928. The van der Waals surface area contributed by atoms with E-state index in [0.29, 0.717) is 16.7 Å². The lowest BCUT2D eigenvalue weighted by Crippen LogP contribution is -2.41. The Morgan fingerprint density at radius 1 is 1.33 bits per heavy atom. The first-order valence-corrected chi connectivity index (χ1v) is 8.74. The number of nitrogens with zero attached hydrogens (tertiary/aromatic N) is 1. The van der Waals surface area contributed by atoms with Crippen LogP contribution in [0, 0.1) is 6.92 Å². The summed E-state index contributed by atoms with van der Waals surface area (Å²) in [5.41, 5.74) is 1.34. The monoisotopic (exact) mass is 349 g/mol. The van der Waals surface area contributed by atoms with Gasteiger partial charge in [-0.1, -0.05) is 18.2 Å². The van der Waals surface area contributed by atoms with Gasteiger partial charge in [0.15, 0.2) is 0 Å². The molecule has 1 aliphatic heterocycles. The largest absolute Gasteiger partial charge is 0.463 e. The van der Waals surface area contributed by atoms with Gasteiger partial charge in [0.25, 0.3) is 5.91 Å². The Hall–Kier alpha value is -2.61. The van der Waals surface area contributed by atoms with Gasteiger partial charge in [-0.3, -0.25) is 4.79 Å². The summed E-state index contributed by atoms with van der Waals surface area (Å²) in [6.45, 7) is 1.37. The molecule has 24 heavy (non-hydrogen) atoms. The van der Waals surface area contributed by atoms with E-state index in [2.05, 4.69) is 4.74 Å². The van der Waals surface area contributed by atoms with Gasteiger partial charge < -0.3 is 9.15 Å². The number of hydrogen-bond donors (Lipinski definition) is 0. The number of furan rings is 1. The standard InChI is InChI=1S/C16H15NO6S/c1-10-7-12(23-14(10)16(19)22-2)8-17-15(18)13-6-4-3-5-11(13)9-24(17,20)21/h3-7H,8-9H2,1-2H3. The maximum Gasteiger partial charge on any atom is 0.374 e. The Labute approximate surface area is 138 Å². The third kappa shape index (κ3) is 2.69. The molecular weight excluding hydrogens is 334 g/mol. The number of sulfonamides is 1. The Morgan fingerprint density at radius 3 is 2.75 bits per heavy atom. The van der Waals surface area contributed by atoms with Crippen LogP contribution < -0.4 is 0 Å². The average molecular weight is 349 g/mol. The Balaban J connectivity index is 1.95. The van der Waals surface area contributed by atoms with Gasteiger partial charge in [-0.2, -0.15) is 0 Å². The molecule has 0 spiro atoms. The van der Waals surface area contributed by atoms with E-state index < -0.39 is 21.9 Å². The van der Waals surface area contributed by atoms with E-state index >= 15 is 0 Å². The number of rotatable bonds is 3. The van der Waals surface area contributed by atoms with Gasteiger partial charge in [-0.15, -0.1) is 0 Å². The van der Waals surface area contributed by atoms with Gasteiger partial charge in [0.2, 0.25) is 15.8 Å². The first-order valence-electron chi connectivity index (χ1n) is 7.14. The number of benzene rings is 1. The molecule has 0 fully saturated rings. The first-order chi connectivity index (χ1) is 11.3. The molecule has 1 aliphatic rings. The van der Waals surface area contributed by atoms with Crippen molar-refractivity contribution in [3.8, 4) is 0 Å². The smallest absolute Gasteiger partial charge is 0.374 e. The molecule has 1 aromatic carbocycles. The summed E-state index contributed by atoms with van der Waals surface area (Å²) in [6.07, 6.45) is 0. The fraction of sp³-hybridized carbons (Fsp3) is 0.250. The molecule has 0 aliphatic carbocycles. The number of ether oxygens (including phenoxy) is 1. The summed E-state index contributed by atoms with van der Waals surface area (Å²) in [6, 6.07) is 8.10. The summed E-state index contributed by atoms with van der Waals surface area (Å²) in [7, 11) is -2.58. The predicted octanol–water partition coefficient (Wildman–Crippen LogP) is 1.86. The van der Waals surface area contributed by atoms with Crippen LogP contribution in [-0.2, 0) is 27.1 Å². The highest BCUT2D eigenvalue weighted by Gasteiger charge is 2.36. The zero-order chi connectivity index (χ0) is 17.5. The van der Waals surface area contributed by atoms with E-state index in [1.807, 2.05) is 0 Å². The first kappa shape index (κ1) is 16.3. The van der Waals surface area contributed by atoms with E-state index in [1.165, 1.54) is 13.2 Å². The second kappa shape index (κ2) is 5.79. The molecule has 0 N–H and O–H groups in total. The summed E-state index contributed by atoms with van der Waals surface area (Å²) in [5, 5.41) is 0. The molecule has 7 nitrogen and oxygen atoms in total. The highest BCUT2D eigenvalue weighted by Crippen LogP contribution is 2.27. The van der Waals surface area contributed by atoms with Crippen molar-refractivity contribution < 1.29 is 27.2 Å². The van der Waals surface area contributed by atoms with Crippen molar-refractivity contribution in [2.75, 3.05) is 7.11 Å². The molecule has 0 saturated heterocycles. The van der Waals surface area contributed by atoms with Crippen molar-refractivity contribution in [3.05, 3.63) is 58.5 Å². The molecule has 1 amide bonds. The molecule has 0 atom stereocenters. The molecule has 2 aromatic rings. The van der Waals surface area contributed by atoms with Crippen molar-refractivity contribution in [3.63, 3.8) is 0 Å². The molecule has 0 saturated carbocycles. The zero-order valence-electron chi connectivity index (χ0n) is 13.1. The molecule has 126 valence electrons. The van der Waals surface area contributed by atoms with Crippen LogP contribution in [0.4, 0.5) is 0 Å². The molecule has 3 rings (SSSR count). The Kier molecular flexibility index (Phi) is 3.92. The van der Waals surface area contributed by atoms with Crippen LogP contribution in [-0.4, -0.2) is 31.7 Å². The fourth-order valence-corrected chi connectivity index (χ4v) is 4.10. The second-order valence-electron chi connectivity index (χ2n) is 5.44. The normalized spacial score (nSPS) is 15.9. The van der Waals surface area contributed by atoms with Crippen molar-refractivity contribution in [2.24, 2.45) is 0 Å². The van der Waals surface area contributed by atoms with Gasteiger partial charge in [-0.25, -0.2) is 17.5 Å². The molecule has 8 heteroatoms. The highest BCUT2D eigenvalue weighted by atomic mass is 32.2. The summed E-state index contributed by atoms with van der Waals surface area (Å²) in [5.74, 6) is -1.32. The zero-order valence-corrected chi connectivity index (χ0v) is 13.9. The van der Waals surface area contributed by atoms with Crippen LogP contribution in [0.1, 0.15) is 37.8 Å². The number of methoxy groups -OCH3 is 1. The highest BCUT2D eigenvalue weighted by molar-refractivity contribution is 7.89. The molecular formula is C16H15NO6S. The summed E-state index contributed by atoms with van der Waals surface area (Å²) < 4.78 is 35.6. The molecule has 0 bridgehead atoms. The van der Waals surface area contributed by atoms with E-state index in [0.717, 1.165) is 4.31 Å². The Morgan fingerprint density at radius 2 is 2.04 bits per heavy atom. The average Bonchev–Trinajstić information content (AvgIpc) is 2.91. The number of carbonyl (C=O) groups excluding carboxylic acids is 2. The number of esters is 1. The van der Waals surface area contributed by atoms with E-state index in [1.54, 1.807) is 31.2 Å². The topological polar surface area (TPSA) is 93.9 Å². The van der Waals surface area contributed by atoms with Gasteiger partial charge in [-0.05, 0) is 24.6 Å². The summed E-state index contributed by atoms with van der Waals surface area (Å²) >= 11 is 0. The second-order valence-corrected chi connectivity index (χ2v) is 7.33. The maximum atomic E-state index is 12.5. The van der Waals surface area contributed by atoms with Crippen molar-refractivity contribution in [1.82, 2.24) is 4.31 Å². The number of fused-ring (bicyclic) bond motifs is 1. The minimum Gasteiger partial charge on any atom is -0.463 e. The lowest BCUT2D eigenvalue weighted by molar-refractivity contribution is 0.0561. The van der Waals surface area contributed by atoms with Crippen LogP contribution in [0.5, 0.6) is 0 Å². The lowest BCUT2D eigenvalue weighted by Gasteiger charge is -2.27. The number of carbonyl (C=O) groups is 2. The number of hydrogen-bond acceptors (Lipinski definition) is 6. The minimum atomic E-state index is -3.81.